The first kappa shape index (κ1) is 12.9. The molecule has 0 saturated carbocycles. The van der Waals surface area contributed by atoms with E-state index in [0.29, 0.717) is 0 Å². The summed E-state index contributed by atoms with van der Waals surface area (Å²) in [6.45, 7) is 2.98. The van der Waals surface area contributed by atoms with Gasteiger partial charge >= 0.3 is 0 Å². The molecule has 0 aliphatic carbocycles. The molecule has 0 aromatic heterocycles. The van der Waals surface area contributed by atoms with Crippen LogP contribution in [-0.4, -0.2) is 17.4 Å². The van der Waals surface area contributed by atoms with E-state index in [1.165, 1.54) is 11.1 Å². The summed E-state index contributed by atoms with van der Waals surface area (Å²) >= 11 is 0. The topological polar surface area (TPSA) is 20.3 Å². The predicted octanol–water partition coefficient (Wildman–Crippen LogP) is 3.97. The first-order chi connectivity index (χ1) is 9.77. The fourth-order valence-electron chi connectivity index (χ4n) is 3.04. The summed E-state index contributed by atoms with van der Waals surface area (Å²) in [6, 6.07) is 18.2. The molecule has 2 nitrogen and oxygen atoms in total. The molecule has 0 radical (unpaired) electrons. The van der Waals surface area contributed by atoms with Crippen molar-refractivity contribution in [1.29, 1.82) is 0 Å². The molecule has 1 aliphatic rings. The first-order valence-corrected chi connectivity index (χ1v) is 7.19. The average Bonchev–Trinajstić information content (AvgIpc) is 2.97. The molecule has 1 amide bonds. The molecule has 2 heteroatoms. The number of rotatable bonds is 2. The summed E-state index contributed by atoms with van der Waals surface area (Å²) in [5.74, 6) is 0.149. The fourth-order valence-corrected chi connectivity index (χ4v) is 3.04. The van der Waals surface area contributed by atoms with Crippen molar-refractivity contribution in [3.05, 3.63) is 71.3 Å². The van der Waals surface area contributed by atoms with E-state index in [4.69, 9.17) is 0 Å². The van der Waals surface area contributed by atoms with Crippen molar-refractivity contribution in [3.8, 4) is 0 Å². The van der Waals surface area contributed by atoms with Gasteiger partial charge in [-0.25, -0.2) is 0 Å². The van der Waals surface area contributed by atoms with Crippen molar-refractivity contribution in [3.63, 3.8) is 0 Å². The highest BCUT2D eigenvalue weighted by molar-refractivity contribution is 5.94. The van der Waals surface area contributed by atoms with Crippen molar-refractivity contribution in [2.75, 3.05) is 6.54 Å². The second-order valence-electron chi connectivity index (χ2n) is 5.38. The van der Waals surface area contributed by atoms with Crippen molar-refractivity contribution < 1.29 is 4.79 Å². The Labute approximate surface area is 120 Å². The highest BCUT2D eigenvalue weighted by Gasteiger charge is 2.31. The minimum Gasteiger partial charge on any atom is -0.332 e. The van der Waals surface area contributed by atoms with Gasteiger partial charge in [0.25, 0.3) is 5.91 Å². The summed E-state index contributed by atoms with van der Waals surface area (Å²) in [6.07, 6.45) is 2.14. The van der Waals surface area contributed by atoms with Crippen LogP contribution < -0.4 is 0 Å². The molecule has 2 aromatic rings. The summed E-state index contributed by atoms with van der Waals surface area (Å²) < 4.78 is 0. The lowest BCUT2D eigenvalue weighted by molar-refractivity contribution is 0.0735. The van der Waals surface area contributed by atoms with E-state index in [1.807, 2.05) is 35.2 Å². The van der Waals surface area contributed by atoms with Crippen LogP contribution in [0.4, 0.5) is 0 Å². The summed E-state index contributed by atoms with van der Waals surface area (Å²) in [4.78, 5) is 14.7. The zero-order chi connectivity index (χ0) is 13.9. The minimum absolute atomic E-state index is 0.149. The molecular weight excluding hydrogens is 246 g/mol. The third-order valence-electron chi connectivity index (χ3n) is 4.08. The number of benzene rings is 2. The fraction of sp³-hybridized carbons (Fsp3) is 0.278. The van der Waals surface area contributed by atoms with Crippen LogP contribution in [-0.2, 0) is 0 Å². The lowest BCUT2D eigenvalue weighted by atomic mass is 9.99. The molecule has 1 saturated heterocycles. The van der Waals surface area contributed by atoms with Gasteiger partial charge in [-0.05, 0) is 43.0 Å². The molecular formula is C18H19NO. The van der Waals surface area contributed by atoms with E-state index < -0.39 is 0 Å². The lowest BCUT2D eigenvalue weighted by Crippen LogP contribution is -2.30. The monoisotopic (exact) mass is 265 g/mol. The lowest BCUT2D eigenvalue weighted by Gasteiger charge is -2.26. The molecule has 1 unspecified atom stereocenters. The third-order valence-corrected chi connectivity index (χ3v) is 4.08. The molecule has 20 heavy (non-hydrogen) atoms. The molecule has 1 aliphatic heterocycles. The predicted molar refractivity (Wildman–Crippen MR) is 80.6 cm³/mol. The number of amides is 1. The highest BCUT2D eigenvalue weighted by Crippen LogP contribution is 2.34. The third kappa shape index (κ3) is 2.34. The van der Waals surface area contributed by atoms with E-state index in [2.05, 4.69) is 31.2 Å². The first-order valence-electron chi connectivity index (χ1n) is 7.19. The van der Waals surface area contributed by atoms with Crippen LogP contribution in [0.1, 0.15) is 40.4 Å². The number of aryl methyl sites for hydroxylation is 1. The van der Waals surface area contributed by atoms with Crippen molar-refractivity contribution >= 4 is 5.91 Å². The zero-order valence-electron chi connectivity index (χ0n) is 11.8. The van der Waals surface area contributed by atoms with Gasteiger partial charge in [0.05, 0.1) is 6.04 Å². The Bertz CT molecular complexity index is 606. The minimum atomic E-state index is 0.149. The standard InChI is InChI=1S/C18H19NO/c1-14-8-5-6-11-16(14)17-12-7-13-19(17)18(20)15-9-3-2-4-10-15/h2-6,8-11,17H,7,12-13H2,1H3. The quantitative estimate of drug-likeness (QED) is 0.804. The van der Waals surface area contributed by atoms with Gasteiger partial charge in [-0.1, -0.05) is 42.5 Å². The van der Waals surface area contributed by atoms with Crippen LogP contribution in [0, 0.1) is 6.92 Å². The number of likely N-dealkylation sites (tertiary alicyclic amines) is 1. The maximum Gasteiger partial charge on any atom is 0.254 e. The Hall–Kier alpha value is -2.09. The van der Waals surface area contributed by atoms with E-state index in [0.717, 1.165) is 24.9 Å². The van der Waals surface area contributed by atoms with Gasteiger partial charge in [0.15, 0.2) is 0 Å². The van der Waals surface area contributed by atoms with E-state index in [-0.39, 0.29) is 11.9 Å². The molecule has 1 atom stereocenters. The van der Waals surface area contributed by atoms with Gasteiger partial charge in [0, 0.05) is 12.1 Å². The van der Waals surface area contributed by atoms with Crippen LogP contribution in [0.25, 0.3) is 0 Å². The van der Waals surface area contributed by atoms with Crippen molar-refractivity contribution in [1.82, 2.24) is 4.90 Å². The van der Waals surface area contributed by atoms with Crippen LogP contribution in [0.15, 0.2) is 54.6 Å². The SMILES string of the molecule is Cc1ccccc1C1CCCN1C(=O)c1ccccc1. The smallest absolute Gasteiger partial charge is 0.254 e. The summed E-state index contributed by atoms with van der Waals surface area (Å²) in [5.41, 5.74) is 3.34. The van der Waals surface area contributed by atoms with E-state index in [9.17, 15) is 4.79 Å². The normalized spacial score (nSPS) is 18.2. The Kier molecular flexibility index (Phi) is 3.55. The van der Waals surface area contributed by atoms with Gasteiger partial charge in [0.1, 0.15) is 0 Å². The largest absolute Gasteiger partial charge is 0.332 e. The highest BCUT2D eigenvalue weighted by atomic mass is 16.2. The van der Waals surface area contributed by atoms with Gasteiger partial charge < -0.3 is 4.90 Å². The number of nitrogens with zero attached hydrogens (tertiary/aromatic N) is 1. The molecule has 0 bridgehead atoms. The second-order valence-corrected chi connectivity index (χ2v) is 5.38. The van der Waals surface area contributed by atoms with Crippen LogP contribution in [0.5, 0.6) is 0 Å². The van der Waals surface area contributed by atoms with Gasteiger partial charge in [-0.3, -0.25) is 4.79 Å². The van der Waals surface area contributed by atoms with Gasteiger partial charge in [-0.15, -0.1) is 0 Å². The van der Waals surface area contributed by atoms with Crippen LogP contribution in [0.3, 0.4) is 0 Å². The molecule has 0 spiro atoms. The Morgan fingerprint density at radius 1 is 1.05 bits per heavy atom. The molecule has 1 fully saturated rings. The van der Waals surface area contributed by atoms with E-state index in [1.54, 1.807) is 0 Å². The molecule has 3 rings (SSSR count). The van der Waals surface area contributed by atoms with E-state index >= 15 is 0 Å². The molecule has 102 valence electrons. The average molecular weight is 265 g/mol. The van der Waals surface area contributed by atoms with Crippen LogP contribution in [0.2, 0.25) is 0 Å². The number of carbonyl (C=O) groups is 1. The van der Waals surface area contributed by atoms with Gasteiger partial charge in [-0.2, -0.15) is 0 Å². The second kappa shape index (κ2) is 5.49. The zero-order valence-corrected chi connectivity index (χ0v) is 11.8. The summed E-state index contributed by atoms with van der Waals surface area (Å²) in [5, 5.41) is 0. The number of hydrogen-bond acceptors (Lipinski definition) is 1. The Morgan fingerprint density at radius 2 is 1.75 bits per heavy atom. The number of hydrogen-bond donors (Lipinski definition) is 0. The summed E-state index contributed by atoms with van der Waals surface area (Å²) in [7, 11) is 0. The molecule has 1 heterocycles. The van der Waals surface area contributed by atoms with Gasteiger partial charge in [0.2, 0.25) is 0 Å². The Morgan fingerprint density at radius 3 is 2.50 bits per heavy atom. The molecule has 0 N–H and O–H groups in total. The molecule has 2 aromatic carbocycles. The van der Waals surface area contributed by atoms with Crippen LogP contribution >= 0.6 is 0 Å². The number of carbonyl (C=O) groups excluding carboxylic acids is 1. The maximum atomic E-state index is 12.7. The Balaban J connectivity index is 1.90. The van der Waals surface area contributed by atoms with Crippen molar-refractivity contribution in [2.45, 2.75) is 25.8 Å². The maximum absolute atomic E-state index is 12.7. The van der Waals surface area contributed by atoms with Crippen molar-refractivity contribution in [2.24, 2.45) is 0 Å².